The monoisotopic (exact) mass is 348 g/mol. The van der Waals surface area contributed by atoms with E-state index in [1.54, 1.807) is 30.5 Å². The van der Waals surface area contributed by atoms with Gasteiger partial charge < -0.3 is 10.4 Å². The minimum absolute atomic E-state index is 0.0541. The third kappa shape index (κ3) is 4.56. The van der Waals surface area contributed by atoms with E-state index >= 15 is 0 Å². The Balaban J connectivity index is 1.87. The van der Waals surface area contributed by atoms with Crippen LogP contribution in [-0.4, -0.2) is 22.0 Å². The highest BCUT2D eigenvalue weighted by atomic mass is 79.9. The van der Waals surface area contributed by atoms with Crippen molar-refractivity contribution in [3.8, 4) is 5.75 Å². The highest BCUT2D eigenvalue weighted by Crippen LogP contribution is 2.14. The number of phenols is 1. The molecule has 21 heavy (non-hydrogen) atoms. The van der Waals surface area contributed by atoms with E-state index < -0.39 is 0 Å². The van der Waals surface area contributed by atoms with Crippen LogP contribution in [-0.2, 0) is 6.42 Å². The van der Waals surface area contributed by atoms with Gasteiger partial charge in [0.2, 0.25) is 0 Å². The number of rotatable bonds is 5. The number of amides is 1. The van der Waals surface area contributed by atoms with Gasteiger partial charge in [-0.05, 0) is 65.5 Å². The van der Waals surface area contributed by atoms with Crippen molar-refractivity contribution < 1.29 is 9.90 Å². The second kappa shape index (κ2) is 7.22. The largest absolute Gasteiger partial charge is 0.508 e. The van der Waals surface area contributed by atoms with Crippen molar-refractivity contribution >= 4 is 21.8 Å². The summed E-state index contributed by atoms with van der Waals surface area (Å²) in [5, 5.41) is 12.2. The Morgan fingerprint density at radius 1 is 1.33 bits per heavy atom. The standard InChI is InChI=1S/C16H17BrN2O2/c1-11(4-5-12-6-8-13(20)9-7-12)19-16(21)14-3-2-10-18-15(14)17/h2-3,6-11,20H,4-5H2,1H3,(H,19,21). The number of aromatic nitrogens is 1. The topological polar surface area (TPSA) is 62.2 Å². The van der Waals surface area contributed by atoms with E-state index in [1.165, 1.54) is 0 Å². The van der Waals surface area contributed by atoms with Gasteiger partial charge in [0.05, 0.1) is 5.56 Å². The SMILES string of the molecule is CC(CCc1ccc(O)cc1)NC(=O)c1cccnc1Br. The molecule has 110 valence electrons. The van der Waals surface area contributed by atoms with Crippen molar-refractivity contribution in [2.75, 3.05) is 0 Å². The molecule has 5 heteroatoms. The van der Waals surface area contributed by atoms with Crippen LogP contribution in [0.25, 0.3) is 0 Å². The number of carbonyl (C=O) groups excluding carboxylic acids is 1. The number of aromatic hydroxyl groups is 1. The number of hydrogen-bond donors (Lipinski definition) is 2. The van der Waals surface area contributed by atoms with Crippen LogP contribution in [0.2, 0.25) is 0 Å². The van der Waals surface area contributed by atoms with Gasteiger partial charge in [-0.3, -0.25) is 4.79 Å². The predicted molar refractivity (Wildman–Crippen MR) is 85.3 cm³/mol. The molecule has 1 heterocycles. The van der Waals surface area contributed by atoms with E-state index in [-0.39, 0.29) is 17.7 Å². The lowest BCUT2D eigenvalue weighted by molar-refractivity contribution is 0.0937. The fourth-order valence-electron chi connectivity index (χ4n) is 1.97. The molecule has 0 aliphatic rings. The third-order valence-electron chi connectivity index (χ3n) is 3.18. The van der Waals surface area contributed by atoms with Gasteiger partial charge >= 0.3 is 0 Å². The lowest BCUT2D eigenvalue weighted by Gasteiger charge is -2.14. The molecule has 2 aromatic rings. The summed E-state index contributed by atoms with van der Waals surface area (Å²) >= 11 is 3.27. The van der Waals surface area contributed by atoms with E-state index in [9.17, 15) is 9.90 Å². The van der Waals surface area contributed by atoms with Crippen molar-refractivity contribution in [1.82, 2.24) is 10.3 Å². The van der Waals surface area contributed by atoms with E-state index in [0.29, 0.717) is 10.2 Å². The van der Waals surface area contributed by atoms with Crippen LogP contribution in [0.1, 0.15) is 29.3 Å². The fourth-order valence-corrected chi connectivity index (χ4v) is 2.41. The maximum absolute atomic E-state index is 12.1. The zero-order valence-electron chi connectivity index (χ0n) is 11.7. The van der Waals surface area contributed by atoms with Crippen molar-refractivity contribution in [1.29, 1.82) is 0 Å². The Bertz CT molecular complexity index is 614. The molecule has 0 saturated carbocycles. The molecule has 0 bridgehead atoms. The molecule has 0 saturated heterocycles. The normalized spacial score (nSPS) is 11.9. The fraction of sp³-hybridized carbons (Fsp3) is 0.250. The van der Waals surface area contributed by atoms with Gasteiger partial charge in [-0.2, -0.15) is 0 Å². The van der Waals surface area contributed by atoms with Crippen LogP contribution in [0.4, 0.5) is 0 Å². The molecule has 0 aliphatic carbocycles. The lowest BCUT2D eigenvalue weighted by atomic mass is 10.1. The molecule has 2 N–H and O–H groups in total. The van der Waals surface area contributed by atoms with Gasteiger partial charge in [-0.15, -0.1) is 0 Å². The number of phenolic OH excluding ortho intramolecular Hbond substituents is 1. The first-order valence-electron chi connectivity index (χ1n) is 6.75. The molecule has 4 nitrogen and oxygen atoms in total. The number of carbonyl (C=O) groups is 1. The number of pyridine rings is 1. The highest BCUT2D eigenvalue weighted by molar-refractivity contribution is 9.10. The molecule has 0 spiro atoms. The summed E-state index contributed by atoms with van der Waals surface area (Å²) in [6.45, 7) is 1.97. The molecule has 2 rings (SSSR count). The maximum Gasteiger partial charge on any atom is 0.254 e. The molecule has 1 aromatic heterocycles. The van der Waals surface area contributed by atoms with E-state index in [2.05, 4.69) is 26.2 Å². The van der Waals surface area contributed by atoms with Crippen LogP contribution in [0.15, 0.2) is 47.2 Å². The molecular formula is C16H17BrN2O2. The number of nitrogens with zero attached hydrogens (tertiary/aromatic N) is 1. The summed E-state index contributed by atoms with van der Waals surface area (Å²) < 4.78 is 0.549. The molecule has 1 amide bonds. The van der Waals surface area contributed by atoms with Crippen LogP contribution in [0.5, 0.6) is 5.75 Å². The number of nitrogens with one attached hydrogen (secondary N) is 1. The van der Waals surface area contributed by atoms with Gasteiger partial charge in [-0.1, -0.05) is 12.1 Å². The Hall–Kier alpha value is -1.88. The summed E-state index contributed by atoms with van der Waals surface area (Å²) in [4.78, 5) is 16.2. The average Bonchev–Trinajstić information content (AvgIpc) is 2.47. The highest BCUT2D eigenvalue weighted by Gasteiger charge is 2.13. The number of hydrogen-bond acceptors (Lipinski definition) is 3. The summed E-state index contributed by atoms with van der Waals surface area (Å²) in [5.41, 5.74) is 1.67. The summed E-state index contributed by atoms with van der Waals surface area (Å²) in [6, 6.07) is 10.7. The Labute approximate surface area is 132 Å². The van der Waals surface area contributed by atoms with Crippen molar-refractivity contribution in [3.63, 3.8) is 0 Å². The first-order chi connectivity index (χ1) is 10.1. The summed E-state index contributed by atoms with van der Waals surface area (Å²) in [6.07, 6.45) is 3.31. The smallest absolute Gasteiger partial charge is 0.254 e. The predicted octanol–water partition coefficient (Wildman–Crippen LogP) is 3.30. The van der Waals surface area contributed by atoms with Crippen LogP contribution in [0.3, 0.4) is 0 Å². The molecule has 1 unspecified atom stereocenters. The molecule has 0 radical (unpaired) electrons. The second-order valence-corrected chi connectivity index (χ2v) is 5.67. The summed E-state index contributed by atoms with van der Waals surface area (Å²) in [5.74, 6) is 0.134. The number of benzene rings is 1. The Morgan fingerprint density at radius 2 is 2.05 bits per heavy atom. The lowest BCUT2D eigenvalue weighted by Crippen LogP contribution is -2.33. The first kappa shape index (κ1) is 15.5. The van der Waals surface area contributed by atoms with Crippen molar-refractivity contribution in [3.05, 3.63) is 58.3 Å². The molecule has 0 fully saturated rings. The summed E-state index contributed by atoms with van der Waals surface area (Å²) in [7, 11) is 0. The van der Waals surface area contributed by atoms with E-state index in [1.807, 2.05) is 19.1 Å². The average molecular weight is 349 g/mol. The second-order valence-electron chi connectivity index (χ2n) is 4.92. The van der Waals surface area contributed by atoms with Crippen molar-refractivity contribution in [2.24, 2.45) is 0 Å². The van der Waals surface area contributed by atoms with Gasteiger partial charge in [0.25, 0.3) is 5.91 Å². The van der Waals surface area contributed by atoms with Gasteiger partial charge in [0, 0.05) is 12.2 Å². The number of halogens is 1. The maximum atomic E-state index is 12.1. The molecular weight excluding hydrogens is 332 g/mol. The Morgan fingerprint density at radius 3 is 2.71 bits per heavy atom. The third-order valence-corrected chi connectivity index (χ3v) is 3.82. The zero-order chi connectivity index (χ0) is 15.2. The van der Waals surface area contributed by atoms with E-state index in [4.69, 9.17) is 0 Å². The van der Waals surface area contributed by atoms with Crippen LogP contribution >= 0.6 is 15.9 Å². The van der Waals surface area contributed by atoms with E-state index in [0.717, 1.165) is 18.4 Å². The van der Waals surface area contributed by atoms with Crippen LogP contribution in [0, 0.1) is 0 Å². The van der Waals surface area contributed by atoms with Crippen molar-refractivity contribution in [2.45, 2.75) is 25.8 Å². The quantitative estimate of drug-likeness (QED) is 0.815. The minimum atomic E-state index is -0.131. The molecule has 1 aromatic carbocycles. The first-order valence-corrected chi connectivity index (χ1v) is 7.55. The minimum Gasteiger partial charge on any atom is -0.508 e. The van der Waals surface area contributed by atoms with Crippen LogP contribution < -0.4 is 5.32 Å². The molecule has 1 atom stereocenters. The van der Waals surface area contributed by atoms with Gasteiger partial charge in [0.15, 0.2) is 0 Å². The Kier molecular flexibility index (Phi) is 5.33. The van der Waals surface area contributed by atoms with Gasteiger partial charge in [-0.25, -0.2) is 4.98 Å². The zero-order valence-corrected chi connectivity index (χ0v) is 13.3. The van der Waals surface area contributed by atoms with Gasteiger partial charge in [0.1, 0.15) is 10.4 Å². The number of aryl methyl sites for hydroxylation is 1. The molecule has 0 aliphatic heterocycles.